The van der Waals surface area contributed by atoms with Gasteiger partial charge in [-0.25, -0.2) is 0 Å². The Balaban J connectivity index is 2.42. The van der Waals surface area contributed by atoms with Crippen molar-refractivity contribution >= 4 is 16.9 Å². The van der Waals surface area contributed by atoms with Gasteiger partial charge in [-0.05, 0) is 38.1 Å². The van der Waals surface area contributed by atoms with Crippen LogP contribution in [0.3, 0.4) is 0 Å². The molecule has 0 spiro atoms. The third-order valence-corrected chi connectivity index (χ3v) is 3.04. The second-order valence-corrected chi connectivity index (χ2v) is 5.02. The van der Waals surface area contributed by atoms with Crippen molar-refractivity contribution in [3.8, 4) is 6.07 Å². The molecule has 0 atom stereocenters. The lowest BCUT2D eigenvalue weighted by Gasteiger charge is -2.20. The maximum Gasteiger partial charge on any atom is 0.310 e. The molecule has 0 saturated heterocycles. The second-order valence-electron chi connectivity index (χ2n) is 5.02. The molecule has 18 heavy (non-hydrogen) atoms. The summed E-state index contributed by atoms with van der Waals surface area (Å²) in [6, 6.07) is 9.39. The van der Waals surface area contributed by atoms with E-state index < -0.39 is 11.4 Å². The highest BCUT2D eigenvalue weighted by molar-refractivity contribution is 5.82. The largest absolute Gasteiger partial charge is 0.481 e. The Morgan fingerprint density at radius 2 is 2.17 bits per heavy atom. The van der Waals surface area contributed by atoms with E-state index in [2.05, 4.69) is 6.07 Å². The first kappa shape index (κ1) is 12.2. The number of nitrogens with zero attached hydrogens (tertiary/aromatic N) is 2. The number of hydrogen-bond acceptors (Lipinski definition) is 2. The van der Waals surface area contributed by atoms with Gasteiger partial charge in [0.05, 0.1) is 17.0 Å². The van der Waals surface area contributed by atoms with Gasteiger partial charge in [-0.3, -0.25) is 4.79 Å². The van der Waals surface area contributed by atoms with Crippen molar-refractivity contribution in [3.63, 3.8) is 0 Å². The Morgan fingerprint density at radius 1 is 1.44 bits per heavy atom. The Bertz CT molecular complexity index is 647. The topological polar surface area (TPSA) is 66.0 Å². The second kappa shape index (κ2) is 4.19. The molecular weight excluding hydrogens is 228 g/mol. The molecule has 0 fully saturated rings. The van der Waals surface area contributed by atoms with Gasteiger partial charge in [-0.15, -0.1) is 0 Å². The highest BCUT2D eigenvalue weighted by atomic mass is 16.4. The van der Waals surface area contributed by atoms with Crippen LogP contribution in [-0.4, -0.2) is 15.6 Å². The molecule has 0 amide bonds. The van der Waals surface area contributed by atoms with Crippen LogP contribution in [0.15, 0.2) is 30.5 Å². The first-order chi connectivity index (χ1) is 8.44. The van der Waals surface area contributed by atoms with Crippen molar-refractivity contribution in [2.45, 2.75) is 20.4 Å². The van der Waals surface area contributed by atoms with E-state index in [1.54, 1.807) is 26.0 Å². The van der Waals surface area contributed by atoms with Gasteiger partial charge >= 0.3 is 5.97 Å². The fraction of sp³-hybridized carbons (Fsp3) is 0.286. The fourth-order valence-electron chi connectivity index (χ4n) is 1.90. The van der Waals surface area contributed by atoms with Crippen molar-refractivity contribution in [2.24, 2.45) is 5.41 Å². The SMILES string of the molecule is CC(C)(Cn1ccc2cc(C#N)ccc21)C(=O)O. The molecule has 0 aliphatic heterocycles. The van der Waals surface area contributed by atoms with Crippen molar-refractivity contribution in [2.75, 3.05) is 0 Å². The third-order valence-electron chi connectivity index (χ3n) is 3.04. The minimum atomic E-state index is -0.821. The number of carbonyl (C=O) groups is 1. The molecule has 92 valence electrons. The number of benzene rings is 1. The summed E-state index contributed by atoms with van der Waals surface area (Å²) >= 11 is 0. The molecule has 0 saturated carbocycles. The van der Waals surface area contributed by atoms with Crippen molar-refractivity contribution < 1.29 is 9.90 Å². The van der Waals surface area contributed by atoms with Crippen LogP contribution in [0.25, 0.3) is 10.9 Å². The summed E-state index contributed by atoms with van der Waals surface area (Å²) in [5.74, 6) is -0.821. The molecule has 0 aliphatic carbocycles. The molecule has 1 N–H and O–H groups in total. The van der Waals surface area contributed by atoms with Gasteiger partial charge in [0.1, 0.15) is 0 Å². The summed E-state index contributed by atoms with van der Waals surface area (Å²) in [6.45, 7) is 3.80. The molecule has 1 heterocycles. The fourth-order valence-corrected chi connectivity index (χ4v) is 1.90. The van der Waals surface area contributed by atoms with Crippen molar-refractivity contribution in [3.05, 3.63) is 36.0 Å². The van der Waals surface area contributed by atoms with Gasteiger partial charge in [0.15, 0.2) is 0 Å². The zero-order valence-corrected chi connectivity index (χ0v) is 10.3. The molecule has 1 aromatic carbocycles. The standard InChI is InChI=1S/C14H14N2O2/c1-14(2,13(17)18)9-16-6-5-11-7-10(8-15)3-4-12(11)16/h3-7H,9H2,1-2H3,(H,17,18). The molecule has 0 unspecified atom stereocenters. The molecule has 2 rings (SSSR count). The molecule has 4 nitrogen and oxygen atoms in total. The Morgan fingerprint density at radius 3 is 2.78 bits per heavy atom. The molecule has 2 aromatic rings. The van der Waals surface area contributed by atoms with Gasteiger partial charge in [0.2, 0.25) is 0 Å². The smallest absolute Gasteiger partial charge is 0.310 e. The molecular formula is C14H14N2O2. The number of aromatic nitrogens is 1. The zero-order chi connectivity index (χ0) is 13.3. The summed E-state index contributed by atoms with van der Waals surface area (Å²) < 4.78 is 1.91. The lowest BCUT2D eigenvalue weighted by Crippen LogP contribution is -2.28. The van der Waals surface area contributed by atoms with E-state index in [0.717, 1.165) is 10.9 Å². The maximum atomic E-state index is 11.1. The lowest BCUT2D eigenvalue weighted by molar-refractivity contribution is -0.147. The van der Waals surface area contributed by atoms with Crippen LogP contribution in [0.5, 0.6) is 0 Å². The van der Waals surface area contributed by atoms with E-state index in [-0.39, 0.29) is 0 Å². The molecule has 0 aliphatic rings. The first-order valence-corrected chi connectivity index (χ1v) is 5.66. The molecule has 0 bridgehead atoms. The van der Waals surface area contributed by atoms with E-state index in [9.17, 15) is 4.79 Å². The minimum absolute atomic E-state index is 0.401. The zero-order valence-electron chi connectivity index (χ0n) is 10.3. The van der Waals surface area contributed by atoms with Crippen LogP contribution in [0.2, 0.25) is 0 Å². The van der Waals surface area contributed by atoms with E-state index >= 15 is 0 Å². The Labute approximate surface area is 105 Å². The molecule has 0 radical (unpaired) electrons. The van der Waals surface area contributed by atoms with E-state index in [4.69, 9.17) is 10.4 Å². The minimum Gasteiger partial charge on any atom is -0.481 e. The van der Waals surface area contributed by atoms with Gasteiger partial charge in [0.25, 0.3) is 0 Å². The lowest BCUT2D eigenvalue weighted by atomic mass is 9.94. The number of nitriles is 1. The van der Waals surface area contributed by atoms with E-state index in [1.165, 1.54) is 0 Å². The number of carboxylic acid groups (broad SMARTS) is 1. The van der Waals surface area contributed by atoms with Crippen LogP contribution < -0.4 is 0 Å². The van der Waals surface area contributed by atoms with Gasteiger partial charge in [0, 0.05) is 23.6 Å². The van der Waals surface area contributed by atoms with Crippen LogP contribution in [0.4, 0.5) is 0 Å². The number of carboxylic acids is 1. The van der Waals surface area contributed by atoms with E-state index in [1.807, 2.05) is 22.9 Å². The highest BCUT2D eigenvalue weighted by Gasteiger charge is 2.27. The van der Waals surface area contributed by atoms with Gasteiger partial charge in [-0.2, -0.15) is 5.26 Å². The molecule has 4 heteroatoms. The number of aliphatic carboxylic acids is 1. The van der Waals surface area contributed by atoms with Crippen LogP contribution >= 0.6 is 0 Å². The number of fused-ring (bicyclic) bond motifs is 1. The van der Waals surface area contributed by atoms with Gasteiger partial charge in [-0.1, -0.05) is 0 Å². The van der Waals surface area contributed by atoms with Crippen LogP contribution in [0, 0.1) is 16.7 Å². The average Bonchev–Trinajstić information content (AvgIpc) is 2.71. The quantitative estimate of drug-likeness (QED) is 0.899. The number of hydrogen-bond donors (Lipinski definition) is 1. The Kier molecular flexibility index (Phi) is 2.84. The van der Waals surface area contributed by atoms with E-state index in [0.29, 0.717) is 12.1 Å². The average molecular weight is 242 g/mol. The summed E-state index contributed by atoms with van der Waals surface area (Å²) in [5, 5.41) is 18.9. The number of rotatable bonds is 3. The Hall–Kier alpha value is -2.28. The summed E-state index contributed by atoms with van der Waals surface area (Å²) in [5.41, 5.74) is 0.737. The van der Waals surface area contributed by atoms with Crippen LogP contribution in [-0.2, 0) is 11.3 Å². The first-order valence-electron chi connectivity index (χ1n) is 5.66. The highest BCUT2D eigenvalue weighted by Crippen LogP contribution is 2.23. The summed E-state index contributed by atoms with van der Waals surface area (Å²) in [4.78, 5) is 11.1. The van der Waals surface area contributed by atoms with Crippen molar-refractivity contribution in [1.82, 2.24) is 4.57 Å². The normalized spacial score (nSPS) is 11.4. The van der Waals surface area contributed by atoms with Gasteiger partial charge < -0.3 is 9.67 Å². The third kappa shape index (κ3) is 2.07. The maximum absolute atomic E-state index is 11.1. The monoisotopic (exact) mass is 242 g/mol. The van der Waals surface area contributed by atoms with Crippen molar-refractivity contribution in [1.29, 1.82) is 5.26 Å². The molecule has 1 aromatic heterocycles. The predicted octanol–water partition coefficient (Wildman–Crippen LogP) is 2.62. The summed E-state index contributed by atoms with van der Waals surface area (Å²) in [7, 11) is 0. The predicted molar refractivity (Wildman–Crippen MR) is 68.1 cm³/mol. The van der Waals surface area contributed by atoms with Crippen LogP contribution in [0.1, 0.15) is 19.4 Å². The summed E-state index contributed by atoms with van der Waals surface area (Å²) in [6.07, 6.45) is 1.86.